The van der Waals surface area contributed by atoms with Gasteiger partial charge in [0.15, 0.2) is 11.5 Å². The van der Waals surface area contributed by atoms with Gasteiger partial charge >= 0.3 is 6.18 Å². The van der Waals surface area contributed by atoms with Crippen molar-refractivity contribution in [2.45, 2.75) is 12.6 Å². The predicted octanol–water partition coefficient (Wildman–Crippen LogP) is 3.31. The van der Waals surface area contributed by atoms with E-state index in [0.717, 1.165) is 25.2 Å². The molecule has 1 aliphatic heterocycles. The highest BCUT2D eigenvalue weighted by Gasteiger charge is 2.36. The first-order valence-electron chi connectivity index (χ1n) is 8.33. The van der Waals surface area contributed by atoms with Crippen LogP contribution in [-0.4, -0.2) is 39.6 Å². The first-order chi connectivity index (χ1) is 12.5. The van der Waals surface area contributed by atoms with Crippen molar-refractivity contribution in [2.75, 3.05) is 29.9 Å². The number of imidazole rings is 1. The molecule has 0 unspecified atom stereocenters. The number of aromatic amines is 1. The van der Waals surface area contributed by atoms with E-state index in [9.17, 15) is 13.2 Å². The average Bonchev–Trinajstić information content (AvgIpc) is 3.29. The Kier molecular flexibility index (Phi) is 4.14. The fourth-order valence-electron chi connectivity index (χ4n) is 3.20. The molecule has 9 heteroatoms. The molecule has 26 heavy (non-hydrogen) atoms. The lowest BCUT2D eigenvalue weighted by molar-refractivity contribution is -0.144. The van der Waals surface area contributed by atoms with Gasteiger partial charge in [0.2, 0.25) is 5.82 Å². The van der Waals surface area contributed by atoms with Crippen LogP contribution in [0.15, 0.2) is 36.7 Å². The number of hydrogen-bond donors (Lipinski definition) is 2. The second-order valence-corrected chi connectivity index (χ2v) is 6.31. The van der Waals surface area contributed by atoms with E-state index in [2.05, 4.69) is 42.3 Å². The molecule has 136 valence electrons. The molecule has 6 nitrogen and oxygen atoms in total. The molecule has 0 amide bonds. The van der Waals surface area contributed by atoms with Gasteiger partial charge in [0.25, 0.3) is 0 Å². The summed E-state index contributed by atoms with van der Waals surface area (Å²) in [5, 5.41) is 3.05. The fraction of sp³-hybridized carbons (Fsp3) is 0.353. The SMILES string of the molecule is FC(F)(F)c1nc(NC[C@H]2CCN(c3ccccc3)C2)c2[nH]cnc2n1. The molecular weight excluding hydrogens is 345 g/mol. The summed E-state index contributed by atoms with van der Waals surface area (Å²) in [7, 11) is 0. The summed E-state index contributed by atoms with van der Waals surface area (Å²) >= 11 is 0. The lowest BCUT2D eigenvalue weighted by atomic mass is 10.1. The van der Waals surface area contributed by atoms with E-state index in [-0.39, 0.29) is 11.5 Å². The number of anilines is 2. The minimum Gasteiger partial charge on any atom is -0.371 e. The number of benzene rings is 1. The largest absolute Gasteiger partial charge is 0.451 e. The standard InChI is InChI=1S/C17H17F3N6/c18-17(19,20)16-24-14(13-15(25-16)23-10-22-13)21-8-11-6-7-26(9-11)12-4-2-1-3-5-12/h1-5,10-11H,6-9H2,(H2,21,22,23,24,25)/t11-/m1/s1. The molecule has 0 bridgehead atoms. The van der Waals surface area contributed by atoms with Crippen LogP contribution in [-0.2, 0) is 6.18 Å². The lowest BCUT2D eigenvalue weighted by Crippen LogP contribution is -2.23. The molecule has 1 fully saturated rings. The Labute approximate surface area is 147 Å². The van der Waals surface area contributed by atoms with Gasteiger partial charge in [-0.25, -0.2) is 15.0 Å². The molecule has 4 rings (SSSR count). The number of fused-ring (bicyclic) bond motifs is 1. The normalized spacial score (nSPS) is 17.8. The highest BCUT2D eigenvalue weighted by atomic mass is 19.4. The number of alkyl halides is 3. The summed E-state index contributed by atoms with van der Waals surface area (Å²) in [6.45, 7) is 2.31. The van der Waals surface area contributed by atoms with Crippen molar-refractivity contribution < 1.29 is 13.2 Å². The minimum absolute atomic E-state index is 0.00663. The van der Waals surface area contributed by atoms with Gasteiger partial charge in [-0.05, 0) is 24.5 Å². The number of aromatic nitrogens is 4. The summed E-state index contributed by atoms with van der Waals surface area (Å²) in [6, 6.07) is 10.1. The van der Waals surface area contributed by atoms with Crippen molar-refractivity contribution in [3.05, 3.63) is 42.5 Å². The second-order valence-electron chi connectivity index (χ2n) is 6.31. The van der Waals surface area contributed by atoms with Crippen LogP contribution >= 0.6 is 0 Å². The van der Waals surface area contributed by atoms with E-state index in [1.54, 1.807) is 0 Å². The minimum atomic E-state index is -4.61. The second kappa shape index (κ2) is 6.47. The Morgan fingerprint density at radius 3 is 2.77 bits per heavy atom. The van der Waals surface area contributed by atoms with E-state index < -0.39 is 12.0 Å². The maximum atomic E-state index is 13.0. The van der Waals surface area contributed by atoms with Crippen LogP contribution in [0.3, 0.4) is 0 Å². The summed E-state index contributed by atoms with van der Waals surface area (Å²) in [5.74, 6) is -0.729. The van der Waals surface area contributed by atoms with Crippen molar-refractivity contribution >= 4 is 22.7 Å². The van der Waals surface area contributed by atoms with Crippen LogP contribution < -0.4 is 10.2 Å². The lowest BCUT2D eigenvalue weighted by Gasteiger charge is -2.19. The molecule has 0 aliphatic carbocycles. The van der Waals surface area contributed by atoms with Gasteiger partial charge in [-0.3, -0.25) is 0 Å². The molecule has 2 aromatic heterocycles. The van der Waals surface area contributed by atoms with Crippen molar-refractivity contribution in [1.82, 2.24) is 19.9 Å². The average molecular weight is 362 g/mol. The predicted molar refractivity (Wildman–Crippen MR) is 91.9 cm³/mol. The Morgan fingerprint density at radius 1 is 1.19 bits per heavy atom. The van der Waals surface area contributed by atoms with E-state index in [1.165, 1.54) is 6.33 Å². The molecule has 1 aliphatic rings. The molecule has 1 atom stereocenters. The molecule has 3 heterocycles. The molecule has 0 saturated carbocycles. The van der Waals surface area contributed by atoms with Gasteiger partial charge in [0, 0.05) is 25.3 Å². The van der Waals surface area contributed by atoms with Crippen LogP contribution in [0.5, 0.6) is 0 Å². The summed E-state index contributed by atoms with van der Waals surface area (Å²) in [4.78, 5) is 16.0. The van der Waals surface area contributed by atoms with E-state index >= 15 is 0 Å². The number of H-pyrrole nitrogens is 1. The van der Waals surface area contributed by atoms with Crippen LogP contribution in [0.25, 0.3) is 11.2 Å². The number of rotatable bonds is 4. The van der Waals surface area contributed by atoms with Gasteiger partial charge in [-0.2, -0.15) is 13.2 Å². The first kappa shape index (κ1) is 16.6. The number of para-hydroxylation sites is 1. The number of halogens is 3. The number of nitrogens with zero attached hydrogens (tertiary/aromatic N) is 4. The number of nitrogens with one attached hydrogen (secondary N) is 2. The van der Waals surface area contributed by atoms with Gasteiger partial charge in [0.1, 0.15) is 5.52 Å². The fourth-order valence-corrected chi connectivity index (χ4v) is 3.20. The number of hydrogen-bond acceptors (Lipinski definition) is 5. The third-order valence-corrected chi connectivity index (χ3v) is 4.50. The van der Waals surface area contributed by atoms with Gasteiger partial charge in [0.05, 0.1) is 6.33 Å². The Morgan fingerprint density at radius 2 is 2.00 bits per heavy atom. The molecular formula is C17H17F3N6. The third kappa shape index (κ3) is 3.29. The molecule has 2 N–H and O–H groups in total. The summed E-state index contributed by atoms with van der Waals surface area (Å²) in [5.41, 5.74) is 1.55. The van der Waals surface area contributed by atoms with Crippen molar-refractivity contribution in [3.8, 4) is 0 Å². The van der Waals surface area contributed by atoms with Crippen molar-refractivity contribution in [2.24, 2.45) is 5.92 Å². The third-order valence-electron chi connectivity index (χ3n) is 4.50. The maximum absolute atomic E-state index is 13.0. The summed E-state index contributed by atoms with van der Waals surface area (Å²) in [6.07, 6.45) is -2.33. The Hall–Kier alpha value is -2.84. The van der Waals surface area contributed by atoms with E-state index in [0.29, 0.717) is 18.0 Å². The van der Waals surface area contributed by atoms with Crippen LogP contribution in [0.4, 0.5) is 24.7 Å². The monoisotopic (exact) mass is 362 g/mol. The smallest absolute Gasteiger partial charge is 0.371 e. The molecule has 3 aromatic rings. The van der Waals surface area contributed by atoms with Crippen molar-refractivity contribution in [1.29, 1.82) is 0 Å². The van der Waals surface area contributed by atoms with Gasteiger partial charge < -0.3 is 15.2 Å². The highest BCUT2D eigenvalue weighted by Crippen LogP contribution is 2.30. The van der Waals surface area contributed by atoms with Gasteiger partial charge in [-0.15, -0.1) is 0 Å². The molecule has 0 spiro atoms. The van der Waals surface area contributed by atoms with Crippen molar-refractivity contribution in [3.63, 3.8) is 0 Å². The molecule has 1 saturated heterocycles. The van der Waals surface area contributed by atoms with E-state index in [4.69, 9.17) is 0 Å². The Balaban J connectivity index is 1.47. The highest BCUT2D eigenvalue weighted by molar-refractivity contribution is 5.82. The Bertz CT molecular complexity index is 892. The van der Waals surface area contributed by atoms with Gasteiger partial charge in [-0.1, -0.05) is 18.2 Å². The zero-order valence-corrected chi connectivity index (χ0v) is 13.8. The molecule has 1 aromatic carbocycles. The quantitative estimate of drug-likeness (QED) is 0.745. The zero-order chi connectivity index (χ0) is 18.1. The molecule has 0 radical (unpaired) electrons. The van der Waals surface area contributed by atoms with Crippen LogP contribution in [0.1, 0.15) is 12.2 Å². The summed E-state index contributed by atoms with van der Waals surface area (Å²) < 4.78 is 39.0. The first-order valence-corrected chi connectivity index (χ1v) is 8.33. The zero-order valence-electron chi connectivity index (χ0n) is 13.8. The van der Waals surface area contributed by atoms with E-state index in [1.807, 2.05) is 18.2 Å². The topological polar surface area (TPSA) is 69.7 Å². The maximum Gasteiger partial charge on any atom is 0.451 e. The van der Waals surface area contributed by atoms with Crippen LogP contribution in [0.2, 0.25) is 0 Å². The van der Waals surface area contributed by atoms with Crippen LogP contribution in [0, 0.1) is 5.92 Å².